The van der Waals surface area contributed by atoms with E-state index >= 15 is 0 Å². The minimum absolute atomic E-state index is 0.141. The molecule has 0 aliphatic heterocycles. The van der Waals surface area contributed by atoms with Crippen molar-refractivity contribution >= 4 is 16.7 Å². The van der Waals surface area contributed by atoms with E-state index in [1.165, 1.54) is 30.3 Å². The minimum atomic E-state index is -4.60. The molecule has 0 saturated carbocycles. The topological polar surface area (TPSA) is 55.1 Å². The first-order chi connectivity index (χ1) is 12.1. The lowest BCUT2D eigenvalue weighted by atomic mass is 10.1. The van der Waals surface area contributed by atoms with Gasteiger partial charge in [-0.3, -0.25) is 0 Å². The second kappa shape index (κ2) is 7.84. The molecule has 0 fully saturated rings. The van der Waals surface area contributed by atoms with E-state index in [1.807, 2.05) is 13.8 Å². The third kappa shape index (κ3) is 4.59. The van der Waals surface area contributed by atoms with Crippen LogP contribution in [0.3, 0.4) is 0 Å². The molecule has 1 heterocycles. The Balaban J connectivity index is 2.65. The Morgan fingerprint density at radius 1 is 1.23 bits per heavy atom. The minimum Gasteiger partial charge on any atom is -0.302 e. The normalized spacial score (nSPS) is 13.4. The van der Waals surface area contributed by atoms with Crippen molar-refractivity contribution in [2.75, 3.05) is 0 Å². The molecule has 1 atom stereocenters. The van der Waals surface area contributed by atoms with Crippen LogP contribution in [0.25, 0.3) is 11.3 Å². The van der Waals surface area contributed by atoms with Gasteiger partial charge in [0.1, 0.15) is 0 Å². The molecule has 1 aromatic heterocycles. The van der Waals surface area contributed by atoms with Gasteiger partial charge in [-0.25, -0.2) is 8.89 Å². The van der Waals surface area contributed by atoms with Gasteiger partial charge >= 0.3 is 6.18 Å². The average Bonchev–Trinajstić information content (AvgIpc) is 3.01. The summed E-state index contributed by atoms with van der Waals surface area (Å²) in [5.74, 6) is 0. The molecule has 0 aliphatic rings. The van der Waals surface area contributed by atoms with Gasteiger partial charge in [-0.05, 0) is 49.8 Å². The van der Waals surface area contributed by atoms with Crippen LogP contribution in [0, 0.1) is 0 Å². The van der Waals surface area contributed by atoms with E-state index in [1.54, 1.807) is 12.2 Å². The number of allylic oxidation sites excluding steroid dienone is 5. The molecule has 0 amide bonds. The van der Waals surface area contributed by atoms with Crippen molar-refractivity contribution in [1.82, 2.24) is 9.78 Å². The predicted molar refractivity (Wildman–Crippen MR) is 95.2 cm³/mol. The highest BCUT2D eigenvalue weighted by Gasteiger charge is 2.35. The van der Waals surface area contributed by atoms with E-state index < -0.39 is 23.0 Å². The lowest BCUT2D eigenvalue weighted by Gasteiger charge is -2.08. The van der Waals surface area contributed by atoms with Gasteiger partial charge in [0.05, 0.1) is 16.3 Å². The van der Waals surface area contributed by atoms with Crippen LogP contribution in [0.15, 0.2) is 65.6 Å². The van der Waals surface area contributed by atoms with E-state index in [-0.39, 0.29) is 10.6 Å². The van der Waals surface area contributed by atoms with E-state index in [4.69, 9.17) is 4.55 Å². The van der Waals surface area contributed by atoms with Crippen molar-refractivity contribution in [2.24, 2.45) is 0 Å². The maximum absolute atomic E-state index is 13.1. The van der Waals surface area contributed by atoms with Crippen molar-refractivity contribution in [3.8, 4) is 5.69 Å². The van der Waals surface area contributed by atoms with E-state index in [0.717, 1.165) is 16.3 Å². The maximum Gasteiger partial charge on any atom is 0.435 e. The number of alkyl halides is 3. The molecule has 2 aromatic rings. The highest BCUT2D eigenvalue weighted by Crippen LogP contribution is 2.32. The zero-order chi connectivity index (χ0) is 19.5. The molecule has 26 heavy (non-hydrogen) atoms. The maximum atomic E-state index is 13.1. The van der Waals surface area contributed by atoms with Gasteiger partial charge in [0.25, 0.3) is 0 Å². The first-order valence-electron chi connectivity index (χ1n) is 7.50. The average molecular weight is 382 g/mol. The summed E-state index contributed by atoms with van der Waals surface area (Å²) in [5, 5.41) is 3.67. The molecular formula is C18H17F3N2O2S. The summed E-state index contributed by atoms with van der Waals surface area (Å²) in [7, 11) is 0. The van der Waals surface area contributed by atoms with Gasteiger partial charge in [-0.15, -0.1) is 0 Å². The summed E-state index contributed by atoms with van der Waals surface area (Å²) in [6.45, 7) is 7.39. The smallest absolute Gasteiger partial charge is 0.302 e. The lowest BCUT2D eigenvalue weighted by molar-refractivity contribution is -0.141. The Bertz CT molecular complexity index is 890. The van der Waals surface area contributed by atoms with Crippen molar-refractivity contribution in [2.45, 2.75) is 24.9 Å². The molecule has 8 heteroatoms. The fourth-order valence-corrected chi connectivity index (χ4v) is 2.51. The van der Waals surface area contributed by atoms with Gasteiger partial charge in [-0.1, -0.05) is 30.4 Å². The number of hydrogen-bond donors (Lipinski definition) is 1. The van der Waals surface area contributed by atoms with Gasteiger partial charge in [0.2, 0.25) is 0 Å². The Kier molecular flexibility index (Phi) is 5.99. The molecule has 1 N–H and O–H groups in total. The van der Waals surface area contributed by atoms with Gasteiger partial charge in [0.15, 0.2) is 16.8 Å². The highest BCUT2D eigenvalue weighted by molar-refractivity contribution is 7.79. The van der Waals surface area contributed by atoms with Gasteiger partial charge in [0, 0.05) is 0 Å². The summed E-state index contributed by atoms with van der Waals surface area (Å²) >= 11 is -2.17. The van der Waals surface area contributed by atoms with Crippen LogP contribution >= 0.6 is 0 Å². The Hall–Kier alpha value is -2.45. The Morgan fingerprint density at radius 2 is 1.85 bits per heavy atom. The molecule has 0 saturated heterocycles. The standard InChI is InChI=1S/C18H17F3N2O2S/c1-4-13(6-5-12(2)3)16-11-17(18(19,20)21)22-23(16)14-7-9-15(10-8-14)26(24)25/h4-11H,1H2,2-3H3,(H,24,25). The second-order valence-corrected chi connectivity index (χ2v) is 6.61. The Labute approximate surface area is 151 Å². The summed E-state index contributed by atoms with van der Waals surface area (Å²) in [6, 6.07) is 6.53. The zero-order valence-corrected chi connectivity index (χ0v) is 14.9. The molecule has 0 aliphatic carbocycles. The number of halogens is 3. The number of rotatable bonds is 5. The SMILES string of the molecule is C=CC(=CC=C(C)C)c1cc(C(F)(F)F)nn1-c1ccc(S(=O)O)cc1. The number of aromatic nitrogens is 2. The summed E-state index contributed by atoms with van der Waals surface area (Å²) in [6.07, 6.45) is 0.270. The van der Waals surface area contributed by atoms with E-state index in [9.17, 15) is 17.4 Å². The Morgan fingerprint density at radius 3 is 2.31 bits per heavy atom. The molecular weight excluding hydrogens is 365 g/mol. The van der Waals surface area contributed by atoms with Crippen molar-refractivity contribution in [1.29, 1.82) is 0 Å². The molecule has 0 spiro atoms. The molecule has 1 unspecified atom stereocenters. The molecule has 2 rings (SSSR count). The van der Waals surface area contributed by atoms with Crippen LogP contribution in [0.2, 0.25) is 0 Å². The van der Waals surface area contributed by atoms with Crippen molar-refractivity contribution in [3.63, 3.8) is 0 Å². The monoisotopic (exact) mass is 382 g/mol. The van der Waals surface area contributed by atoms with Crippen LogP contribution in [0.4, 0.5) is 13.2 Å². The van der Waals surface area contributed by atoms with Crippen LogP contribution < -0.4 is 0 Å². The number of nitrogens with zero attached hydrogens (tertiary/aromatic N) is 2. The van der Waals surface area contributed by atoms with Crippen LogP contribution in [-0.2, 0) is 17.3 Å². The van der Waals surface area contributed by atoms with E-state index in [2.05, 4.69) is 11.7 Å². The summed E-state index contributed by atoms with van der Waals surface area (Å²) in [4.78, 5) is 0.141. The third-order valence-corrected chi connectivity index (χ3v) is 4.07. The molecule has 138 valence electrons. The van der Waals surface area contributed by atoms with Crippen LogP contribution in [0.1, 0.15) is 25.2 Å². The zero-order valence-electron chi connectivity index (χ0n) is 14.1. The van der Waals surface area contributed by atoms with Crippen molar-refractivity contribution in [3.05, 3.63) is 72.1 Å². The molecule has 1 aromatic carbocycles. The molecule has 4 nitrogen and oxygen atoms in total. The van der Waals surface area contributed by atoms with Gasteiger partial charge in [-0.2, -0.15) is 18.3 Å². The quantitative estimate of drug-likeness (QED) is 0.584. The fourth-order valence-electron chi connectivity index (χ4n) is 2.14. The first-order valence-corrected chi connectivity index (χ1v) is 8.60. The summed E-state index contributed by atoms with van der Waals surface area (Å²) in [5.41, 5.74) is 0.940. The number of benzene rings is 1. The second-order valence-electron chi connectivity index (χ2n) is 5.64. The van der Waals surface area contributed by atoms with Gasteiger partial charge < -0.3 is 4.55 Å². The van der Waals surface area contributed by atoms with Crippen molar-refractivity contribution < 1.29 is 21.9 Å². The largest absolute Gasteiger partial charge is 0.435 e. The third-order valence-electron chi connectivity index (χ3n) is 3.39. The van der Waals surface area contributed by atoms with Crippen LogP contribution in [-0.4, -0.2) is 18.5 Å². The fraction of sp³-hybridized carbons (Fsp3) is 0.167. The summed E-state index contributed by atoms with van der Waals surface area (Å²) < 4.78 is 60.7. The molecule has 0 bridgehead atoms. The highest BCUT2D eigenvalue weighted by atomic mass is 32.2. The van der Waals surface area contributed by atoms with Crippen LogP contribution in [0.5, 0.6) is 0 Å². The number of hydrogen-bond acceptors (Lipinski definition) is 2. The lowest BCUT2D eigenvalue weighted by Crippen LogP contribution is -2.07. The molecule has 0 radical (unpaired) electrons. The van der Waals surface area contributed by atoms with E-state index in [0.29, 0.717) is 11.3 Å². The first kappa shape index (κ1) is 19.9. The predicted octanol–water partition coefficient (Wildman–Crippen LogP) is 5.01.